The van der Waals surface area contributed by atoms with Gasteiger partial charge < -0.3 is 51.6 Å². The first-order valence-electron chi connectivity index (χ1n) is 50.9. The van der Waals surface area contributed by atoms with Gasteiger partial charge in [-0.25, -0.2) is 0 Å². The maximum Gasteiger partial charge on any atom is 0.127 e. The number of rotatable bonds is 19. The molecule has 0 saturated heterocycles. The van der Waals surface area contributed by atoms with Crippen molar-refractivity contribution in [3.05, 3.63) is 570 Å². The number of para-hydroxylation sites is 13. The Labute approximate surface area is 867 Å². The Kier molecular flexibility index (Phi) is 22.6. The van der Waals surface area contributed by atoms with Gasteiger partial charge in [0.25, 0.3) is 0 Å². The van der Waals surface area contributed by atoms with Crippen LogP contribution in [0.3, 0.4) is 0 Å². The second-order valence-corrected chi connectivity index (χ2v) is 37.9. The van der Waals surface area contributed by atoms with Crippen molar-refractivity contribution in [1.82, 2.24) is 27.4 Å². The summed E-state index contributed by atoms with van der Waals surface area (Å²) in [6.45, 7) is 0. The van der Waals surface area contributed by atoms with Crippen LogP contribution in [0.5, 0.6) is 17.2 Å². The van der Waals surface area contributed by atoms with Crippen molar-refractivity contribution in [3.8, 4) is 62.5 Å². The first-order chi connectivity index (χ1) is 74.4. The third kappa shape index (κ3) is 15.9. The number of nitrogens with zero attached hydrogens (tertiary/aromatic N) is 9. The Morgan fingerprint density at radius 2 is 0.300 bits per heavy atom. The molecule has 11 nitrogen and oxygen atoms in total. The molecule has 0 aliphatic carbocycles. The fourth-order valence-electron chi connectivity index (χ4n) is 22.5. The monoisotopic (exact) mass is 1920 g/mol. The molecule has 0 radical (unpaired) electrons. The summed E-state index contributed by atoms with van der Waals surface area (Å²) in [6, 6.07) is 203. The van der Waals surface area contributed by atoms with Crippen LogP contribution >= 0.6 is 0 Å². The zero-order valence-corrected chi connectivity index (χ0v) is 82.1. The van der Waals surface area contributed by atoms with Gasteiger partial charge in [-0.15, -0.1) is 0 Å². The van der Waals surface area contributed by atoms with Crippen molar-refractivity contribution in [3.63, 3.8) is 0 Å². The zero-order valence-electron chi connectivity index (χ0n) is 82.1. The molecule has 0 amide bonds. The molecule has 150 heavy (non-hydrogen) atoms. The minimum atomic E-state index is 0.790. The fraction of sp³-hybridized carbons (Fsp3) is 0.00719. The minimum absolute atomic E-state index is 0.790. The van der Waals surface area contributed by atoms with Crippen LogP contribution in [-0.2, 0) is 0 Å². The standard InChI is InChI=1S/C48H33N3O.C48H33N3.C43H31N3O/c1-4-14-34(15-5-1)50-45-22-12-10-20-41(45)43-32-37(26-30-47(43)50)49(36-24-28-40(29-25-36)52-39-18-8-3-9-19-39)38-27-31-48-44(33-38)42-21-11-13-23-46(42)51(48)35-16-6-2-7-17-35;1-4-14-34(15-5-1)35-24-26-38(27-25-35)49(39-28-30-47-43(32-39)41-20-10-12-22-45(41)50(47)36-16-6-2-7-17-36)40-29-31-48-44(33-40)42-21-11-13-23-46(42)51(48)37-18-8-3-9-19-37;1-47-35-24-20-32(21-25-35)44(33-22-26-42-38(28-33)36-16-8-10-18-40(36)45(42)30-12-4-2-5-13-30)34-23-27-43-39(29-34)37-17-9-11-19-41(37)46(43)31-14-6-3-7-15-31/h1-33H;1-33H;2-29H,1H3. The van der Waals surface area contributed by atoms with Crippen LogP contribution in [-0.4, -0.2) is 34.5 Å². The summed E-state index contributed by atoms with van der Waals surface area (Å²) in [5.74, 6) is 2.43. The molecule has 0 saturated carbocycles. The quantitative estimate of drug-likeness (QED) is 0.0807. The lowest BCUT2D eigenvalue weighted by atomic mass is 10.0. The van der Waals surface area contributed by atoms with Gasteiger partial charge in [0.15, 0.2) is 0 Å². The highest BCUT2D eigenvalue weighted by atomic mass is 16.5. The van der Waals surface area contributed by atoms with E-state index >= 15 is 0 Å². The highest BCUT2D eigenvalue weighted by Gasteiger charge is 2.27. The summed E-state index contributed by atoms with van der Waals surface area (Å²) < 4.78 is 25.9. The molecule has 710 valence electrons. The number of methoxy groups -OCH3 is 1. The predicted octanol–water partition coefficient (Wildman–Crippen LogP) is 37.5. The highest BCUT2D eigenvalue weighted by molar-refractivity contribution is 6.17. The number of fused-ring (bicyclic) bond motifs is 18. The lowest BCUT2D eigenvalue weighted by Gasteiger charge is -2.26. The van der Waals surface area contributed by atoms with E-state index in [4.69, 9.17) is 9.47 Å². The Hall–Kier alpha value is -20.1. The van der Waals surface area contributed by atoms with Gasteiger partial charge in [-0.3, -0.25) is 0 Å². The van der Waals surface area contributed by atoms with Crippen molar-refractivity contribution in [2.45, 2.75) is 0 Å². The second kappa shape index (κ2) is 38.2. The van der Waals surface area contributed by atoms with Crippen molar-refractivity contribution >= 4 is 182 Å². The molecule has 6 aromatic heterocycles. The highest BCUT2D eigenvalue weighted by Crippen LogP contribution is 2.50. The van der Waals surface area contributed by atoms with E-state index in [0.717, 1.165) is 103 Å². The van der Waals surface area contributed by atoms with Crippen LogP contribution in [0.4, 0.5) is 51.2 Å². The topological polar surface area (TPSA) is 57.8 Å². The largest absolute Gasteiger partial charge is 0.497 e. The molecule has 0 atom stereocenters. The van der Waals surface area contributed by atoms with Crippen LogP contribution in [0.1, 0.15) is 0 Å². The molecule has 11 heteroatoms. The molecule has 29 aromatic rings. The Morgan fingerprint density at radius 1 is 0.133 bits per heavy atom. The Morgan fingerprint density at radius 3 is 0.527 bits per heavy atom. The summed E-state index contributed by atoms with van der Waals surface area (Å²) in [6.07, 6.45) is 0. The van der Waals surface area contributed by atoms with Gasteiger partial charge in [0.1, 0.15) is 17.2 Å². The van der Waals surface area contributed by atoms with E-state index in [2.05, 4.69) is 570 Å². The van der Waals surface area contributed by atoms with Crippen LogP contribution in [0.2, 0.25) is 0 Å². The average molecular weight is 1930 g/mol. The van der Waals surface area contributed by atoms with Gasteiger partial charge >= 0.3 is 0 Å². The third-order valence-electron chi connectivity index (χ3n) is 29.2. The molecular formula is C139H97N9O2. The number of hydrogen-bond donors (Lipinski definition) is 0. The van der Waals surface area contributed by atoms with Crippen molar-refractivity contribution in [2.75, 3.05) is 21.8 Å². The summed E-state index contributed by atoms with van der Waals surface area (Å²) in [4.78, 5) is 7.10. The first-order valence-corrected chi connectivity index (χ1v) is 50.9. The first kappa shape index (κ1) is 88.8. The SMILES string of the molecule is COc1ccc(N(c2ccc3c(c2)c2ccccc2n3-c2ccccc2)c2ccc3c(c2)c2ccccc2n3-c2ccccc2)cc1.c1ccc(-c2ccc(N(c3ccc4c(c3)c3ccccc3n4-c3ccccc3)c3ccc4c(c3)c3ccccc3n4-c3ccccc3)cc2)cc1.c1ccc(Oc2ccc(N(c3ccc4c(c3)c3ccccc3n4-c3ccccc3)c3ccc4c(c3)c3ccccc3n4-c3ccccc3)cc2)cc1. The number of benzene rings is 23. The molecule has 6 heterocycles. The van der Waals surface area contributed by atoms with E-state index in [-0.39, 0.29) is 0 Å². The maximum absolute atomic E-state index is 6.20. The number of anilines is 9. The number of ether oxygens (including phenoxy) is 2. The van der Waals surface area contributed by atoms with Gasteiger partial charge in [-0.2, -0.15) is 0 Å². The van der Waals surface area contributed by atoms with Gasteiger partial charge in [-0.05, 0) is 302 Å². The number of hydrogen-bond acceptors (Lipinski definition) is 5. The Bertz CT molecular complexity index is 9600. The lowest BCUT2D eigenvalue weighted by molar-refractivity contribution is 0.415. The molecule has 23 aromatic carbocycles. The summed E-state index contributed by atoms with van der Waals surface area (Å²) in [5.41, 5.74) is 33.3. The van der Waals surface area contributed by atoms with Gasteiger partial charge in [0.05, 0.1) is 73.3 Å². The van der Waals surface area contributed by atoms with Crippen LogP contribution in [0.25, 0.3) is 176 Å². The predicted molar refractivity (Wildman–Crippen MR) is 628 cm³/mol. The van der Waals surface area contributed by atoms with E-state index in [1.807, 2.05) is 42.5 Å². The van der Waals surface area contributed by atoms with Crippen LogP contribution in [0.15, 0.2) is 570 Å². The average Bonchev–Trinajstić information content (AvgIpc) is 1.58. The molecule has 0 aliphatic heterocycles. The minimum Gasteiger partial charge on any atom is -0.497 e. The normalized spacial score (nSPS) is 11.5. The summed E-state index contributed by atoms with van der Waals surface area (Å²) in [7, 11) is 1.71. The van der Waals surface area contributed by atoms with Crippen molar-refractivity contribution in [1.29, 1.82) is 0 Å². The van der Waals surface area contributed by atoms with Crippen molar-refractivity contribution in [2.24, 2.45) is 0 Å². The Balaban J connectivity index is 0.000000111. The molecule has 0 spiro atoms. The molecule has 0 unspecified atom stereocenters. The van der Waals surface area contributed by atoms with Crippen LogP contribution < -0.4 is 24.2 Å². The van der Waals surface area contributed by atoms with E-state index < -0.39 is 0 Å². The third-order valence-corrected chi connectivity index (χ3v) is 29.2. The fourth-order valence-corrected chi connectivity index (χ4v) is 22.5. The lowest BCUT2D eigenvalue weighted by Crippen LogP contribution is -2.10. The van der Waals surface area contributed by atoms with Gasteiger partial charge in [0.2, 0.25) is 0 Å². The molecule has 29 rings (SSSR count). The maximum atomic E-state index is 6.20. The zero-order chi connectivity index (χ0) is 99.5. The summed E-state index contributed by atoms with van der Waals surface area (Å²) in [5, 5.41) is 14.6. The molecule has 0 N–H and O–H groups in total. The van der Waals surface area contributed by atoms with Gasteiger partial charge in [-0.1, -0.05) is 279 Å². The molecule has 0 bridgehead atoms. The number of aromatic nitrogens is 6. The summed E-state index contributed by atoms with van der Waals surface area (Å²) >= 11 is 0. The van der Waals surface area contributed by atoms with E-state index in [9.17, 15) is 0 Å². The van der Waals surface area contributed by atoms with Gasteiger partial charge in [0, 0.05) is 150 Å². The molecule has 0 fully saturated rings. The van der Waals surface area contributed by atoms with E-state index in [0.29, 0.717) is 0 Å². The second-order valence-electron chi connectivity index (χ2n) is 37.9. The van der Waals surface area contributed by atoms with E-state index in [1.54, 1.807) is 7.11 Å². The van der Waals surface area contributed by atoms with Crippen molar-refractivity contribution < 1.29 is 9.47 Å². The smallest absolute Gasteiger partial charge is 0.127 e. The molecule has 0 aliphatic rings. The molecular weight excluding hydrogens is 1830 g/mol. The van der Waals surface area contributed by atoms with E-state index in [1.165, 1.54) is 142 Å². The van der Waals surface area contributed by atoms with Crippen LogP contribution in [0, 0.1) is 0 Å².